The predicted molar refractivity (Wildman–Crippen MR) is 103 cm³/mol. The molecule has 0 bridgehead atoms. The van der Waals surface area contributed by atoms with Crippen LogP contribution in [0.25, 0.3) is 0 Å². The van der Waals surface area contributed by atoms with Gasteiger partial charge in [-0.15, -0.1) is 0 Å². The van der Waals surface area contributed by atoms with Gasteiger partial charge in [0.05, 0.1) is 8.95 Å². The highest BCUT2D eigenvalue weighted by molar-refractivity contribution is 9.10. The van der Waals surface area contributed by atoms with Gasteiger partial charge in [0.15, 0.2) is 0 Å². The van der Waals surface area contributed by atoms with E-state index in [1.165, 1.54) is 0 Å². The van der Waals surface area contributed by atoms with Crippen molar-refractivity contribution in [3.05, 3.63) is 80.5 Å². The number of hydrogen-bond donors (Lipinski definition) is 0. The molecule has 25 heavy (non-hydrogen) atoms. The van der Waals surface area contributed by atoms with Crippen LogP contribution in [0.2, 0.25) is 0 Å². The summed E-state index contributed by atoms with van der Waals surface area (Å²) in [5.41, 5.74) is 0. The first-order chi connectivity index (χ1) is 12.2. The van der Waals surface area contributed by atoms with E-state index in [1.807, 2.05) is 48.5 Å². The summed E-state index contributed by atoms with van der Waals surface area (Å²) in [6.07, 6.45) is 3.58. The number of hydrogen-bond acceptors (Lipinski definition) is 3. The Bertz CT molecular complexity index is 799. The number of halogens is 2. The van der Waals surface area contributed by atoms with E-state index in [0.29, 0.717) is 0 Å². The van der Waals surface area contributed by atoms with Gasteiger partial charge in [-0.05, 0) is 56.1 Å². The second kappa shape index (κ2) is 7.26. The first kappa shape index (κ1) is 16.7. The predicted octanol–water partition coefficient (Wildman–Crippen LogP) is 6.70. The summed E-state index contributed by atoms with van der Waals surface area (Å²) < 4.78 is 19.9. The van der Waals surface area contributed by atoms with Gasteiger partial charge in [0.25, 0.3) is 0 Å². The van der Waals surface area contributed by atoms with Gasteiger partial charge in [-0.3, -0.25) is 0 Å². The minimum Gasteiger partial charge on any atom is -0.459 e. The fraction of sp³-hybridized carbons (Fsp3) is 0.200. The Morgan fingerprint density at radius 1 is 0.520 bits per heavy atom. The Balaban J connectivity index is 1.46. The number of ether oxygens (including phenoxy) is 3. The van der Waals surface area contributed by atoms with Crippen LogP contribution in [-0.4, -0.2) is 0 Å². The van der Waals surface area contributed by atoms with Crippen LogP contribution in [0.4, 0.5) is 0 Å². The maximum Gasteiger partial charge on any atom is 0.143 e. The molecular weight excluding hydrogens is 448 g/mol. The first-order valence-corrected chi connectivity index (χ1v) is 9.76. The standard InChI is InChI=1S/C20H16Br2O3/c21-13-5-1-3-7-15(13)23-17-9-11-19(17)25-20-12-10-18(20)24-16-8-4-2-6-14(16)22/h1-8H,9-12H2. The highest BCUT2D eigenvalue weighted by Gasteiger charge is 2.28. The minimum atomic E-state index is 0.811. The van der Waals surface area contributed by atoms with Gasteiger partial charge in [0.2, 0.25) is 0 Å². The molecule has 0 unspecified atom stereocenters. The van der Waals surface area contributed by atoms with Crippen LogP contribution in [0.1, 0.15) is 25.7 Å². The molecule has 5 heteroatoms. The molecular formula is C20H16Br2O3. The zero-order valence-corrected chi connectivity index (χ0v) is 16.6. The van der Waals surface area contributed by atoms with E-state index in [2.05, 4.69) is 31.9 Å². The van der Waals surface area contributed by atoms with Crippen molar-refractivity contribution >= 4 is 31.9 Å². The van der Waals surface area contributed by atoms with Gasteiger partial charge >= 0.3 is 0 Å². The van der Waals surface area contributed by atoms with E-state index in [0.717, 1.165) is 69.2 Å². The van der Waals surface area contributed by atoms with Crippen molar-refractivity contribution in [1.29, 1.82) is 0 Å². The molecule has 0 radical (unpaired) electrons. The van der Waals surface area contributed by atoms with Gasteiger partial charge in [0.1, 0.15) is 34.5 Å². The van der Waals surface area contributed by atoms with E-state index in [1.54, 1.807) is 0 Å². The highest BCUT2D eigenvalue weighted by Crippen LogP contribution is 2.40. The summed E-state index contributed by atoms with van der Waals surface area (Å²) in [4.78, 5) is 0. The molecule has 0 atom stereocenters. The molecule has 0 saturated heterocycles. The van der Waals surface area contributed by atoms with Crippen molar-refractivity contribution in [2.75, 3.05) is 0 Å². The number of allylic oxidation sites excluding steroid dienone is 4. The van der Waals surface area contributed by atoms with Crippen LogP contribution in [0, 0.1) is 0 Å². The molecule has 2 aliphatic carbocycles. The summed E-state index contributed by atoms with van der Waals surface area (Å²) in [5.74, 6) is 5.21. The van der Waals surface area contributed by atoms with E-state index in [9.17, 15) is 0 Å². The summed E-state index contributed by atoms with van der Waals surface area (Å²) in [7, 11) is 0. The van der Waals surface area contributed by atoms with Gasteiger partial charge in [0, 0.05) is 25.7 Å². The van der Waals surface area contributed by atoms with E-state index >= 15 is 0 Å². The van der Waals surface area contributed by atoms with Crippen LogP contribution in [0.3, 0.4) is 0 Å². The average Bonchev–Trinajstić information content (AvgIpc) is 2.58. The van der Waals surface area contributed by atoms with Crippen molar-refractivity contribution in [1.82, 2.24) is 0 Å². The first-order valence-electron chi connectivity index (χ1n) is 8.17. The van der Waals surface area contributed by atoms with Crippen molar-refractivity contribution in [3.8, 4) is 11.5 Å². The summed E-state index contributed by atoms with van der Waals surface area (Å²) in [5, 5.41) is 0. The molecule has 3 nitrogen and oxygen atoms in total. The summed E-state index contributed by atoms with van der Waals surface area (Å²) in [6.45, 7) is 0. The monoisotopic (exact) mass is 462 g/mol. The smallest absolute Gasteiger partial charge is 0.143 e. The fourth-order valence-electron chi connectivity index (χ4n) is 2.56. The Morgan fingerprint density at radius 3 is 1.24 bits per heavy atom. The third-order valence-corrected chi connectivity index (χ3v) is 5.48. The van der Waals surface area contributed by atoms with Gasteiger partial charge in [-0.1, -0.05) is 24.3 Å². The molecule has 0 aromatic heterocycles. The molecule has 0 heterocycles. The van der Waals surface area contributed by atoms with E-state index in [4.69, 9.17) is 14.2 Å². The van der Waals surface area contributed by atoms with Crippen molar-refractivity contribution in [3.63, 3.8) is 0 Å². The maximum absolute atomic E-state index is 6.05. The van der Waals surface area contributed by atoms with Crippen molar-refractivity contribution < 1.29 is 14.2 Å². The molecule has 0 fully saturated rings. The third-order valence-electron chi connectivity index (χ3n) is 4.17. The quantitative estimate of drug-likeness (QED) is 0.477. The molecule has 0 aliphatic heterocycles. The number of rotatable bonds is 6. The molecule has 0 spiro atoms. The van der Waals surface area contributed by atoms with Gasteiger partial charge in [-0.25, -0.2) is 0 Å². The van der Waals surface area contributed by atoms with Crippen LogP contribution >= 0.6 is 31.9 Å². The molecule has 4 rings (SSSR count). The molecule has 0 saturated carbocycles. The van der Waals surface area contributed by atoms with E-state index < -0.39 is 0 Å². The Hall–Kier alpha value is -1.72. The SMILES string of the molecule is Brc1ccccc1OC1=C(OC2=C(Oc3ccccc3Br)CC2)CC1. The lowest BCUT2D eigenvalue weighted by atomic mass is 10.0. The summed E-state index contributed by atoms with van der Waals surface area (Å²) >= 11 is 7.01. The largest absolute Gasteiger partial charge is 0.459 e. The highest BCUT2D eigenvalue weighted by atomic mass is 79.9. The number of benzene rings is 2. The molecule has 128 valence electrons. The van der Waals surface area contributed by atoms with Crippen molar-refractivity contribution in [2.24, 2.45) is 0 Å². The molecule has 2 aliphatic rings. The molecule has 2 aromatic rings. The van der Waals surface area contributed by atoms with Crippen LogP contribution in [-0.2, 0) is 4.74 Å². The van der Waals surface area contributed by atoms with Gasteiger partial charge < -0.3 is 14.2 Å². The lowest BCUT2D eigenvalue weighted by molar-refractivity contribution is 0.172. The Kier molecular flexibility index (Phi) is 4.86. The van der Waals surface area contributed by atoms with Crippen LogP contribution in [0.15, 0.2) is 80.5 Å². The summed E-state index contributed by atoms with van der Waals surface area (Å²) in [6, 6.07) is 15.7. The van der Waals surface area contributed by atoms with Gasteiger partial charge in [-0.2, -0.15) is 0 Å². The zero-order valence-electron chi connectivity index (χ0n) is 13.4. The van der Waals surface area contributed by atoms with Crippen LogP contribution < -0.4 is 9.47 Å². The molecule has 0 amide bonds. The Labute approximate surface area is 163 Å². The fourth-order valence-corrected chi connectivity index (χ4v) is 3.29. The second-order valence-electron chi connectivity index (χ2n) is 5.86. The van der Waals surface area contributed by atoms with E-state index in [-0.39, 0.29) is 0 Å². The topological polar surface area (TPSA) is 27.7 Å². The molecule has 2 aromatic carbocycles. The average molecular weight is 464 g/mol. The second-order valence-corrected chi connectivity index (χ2v) is 7.57. The third kappa shape index (κ3) is 3.62. The lowest BCUT2D eigenvalue weighted by Crippen LogP contribution is -2.18. The lowest BCUT2D eigenvalue weighted by Gasteiger charge is -2.29. The zero-order chi connectivity index (χ0) is 17.2. The van der Waals surface area contributed by atoms with Crippen LogP contribution in [0.5, 0.6) is 11.5 Å². The maximum atomic E-state index is 6.05. The number of para-hydroxylation sites is 2. The molecule has 0 N–H and O–H groups in total. The minimum absolute atomic E-state index is 0.811. The normalized spacial score (nSPS) is 16.2. The van der Waals surface area contributed by atoms with Crippen molar-refractivity contribution in [2.45, 2.75) is 25.7 Å². The Morgan fingerprint density at radius 2 is 0.880 bits per heavy atom.